The first-order chi connectivity index (χ1) is 11.6. The van der Waals surface area contributed by atoms with Gasteiger partial charge in [0.1, 0.15) is 0 Å². The molecular formula is C15H9F3N2O4S. The minimum atomic E-state index is -5.90. The maximum atomic E-state index is 12.4. The molecule has 0 heterocycles. The van der Waals surface area contributed by atoms with Crippen LogP contribution < -0.4 is 9.50 Å². The van der Waals surface area contributed by atoms with Crippen molar-refractivity contribution in [3.05, 3.63) is 59.7 Å². The topological polar surface area (TPSA) is 96.3 Å². The van der Waals surface area contributed by atoms with Gasteiger partial charge in [-0.2, -0.15) is 26.9 Å². The van der Waals surface area contributed by atoms with E-state index in [2.05, 4.69) is 9.50 Å². The third-order valence-electron chi connectivity index (χ3n) is 2.89. The van der Waals surface area contributed by atoms with Crippen molar-refractivity contribution in [2.45, 2.75) is 5.51 Å². The molecule has 0 aliphatic rings. The molecule has 2 rings (SSSR count). The smallest absolute Gasteiger partial charge is 0.375 e. The van der Waals surface area contributed by atoms with E-state index in [-0.39, 0.29) is 5.69 Å². The van der Waals surface area contributed by atoms with Gasteiger partial charge >= 0.3 is 15.6 Å². The number of rotatable bonds is 4. The predicted octanol–water partition coefficient (Wildman–Crippen LogP) is 3.04. The number of anilines is 1. The van der Waals surface area contributed by atoms with Gasteiger partial charge in [0.25, 0.3) is 5.91 Å². The molecule has 1 amide bonds. The number of alkyl halides is 3. The zero-order valence-corrected chi connectivity index (χ0v) is 13.1. The molecule has 0 saturated carbocycles. The third-order valence-corrected chi connectivity index (χ3v) is 3.85. The first-order valence-corrected chi connectivity index (χ1v) is 7.96. The lowest BCUT2D eigenvalue weighted by Crippen LogP contribution is -2.29. The Hall–Kier alpha value is -3.06. The molecule has 0 aliphatic carbocycles. The van der Waals surface area contributed by atoms with Crippen LogP contribution in [-0.2, 0) is 10.1 Å². The van der Waals surface area contributed by atoms with Crippen LogP contribution in [0.25, 0.3) is 0 Å². The van der Waals surface area contributed by atoms with Crippen LogP contribution in [0.1, 0.15) is 15.9 Å². The first-order valence-electron chi connectivity index (χ1n) is 6.55. The normalized spacial score (nSPS) is 11.4. The number of para-hydroxylation sites is 1. The van der Waals surface area contributed by atoms with Crippen LogP contribution in [0.3, 0.4) is 0 Å². The highest BCUT2D eigenvalue weighted by Gasteiger charge is 2.48. The molecule has 25 heavy (non-hydrogen) atoms. The SMILES string of the molecule is N#Cc1ccc(NC(=O)c2ccccc2OS(=O)(=O)C(F)(F)F)cc1. The molecule has 10 heteroatoms. The molecule has 0 radical (unpaired) electrons. The summed E-state index contributed by atoms with van der Waals surface area (Å²) in [4.78, 5) is 12.2. The average molecular weight is 370 g/mol. The number of carbonyl (C=O) groups excluding carboxylic acids is 1. The number of nitriles is 1. The zero-order valence-electron chi connectivity index (χ0n) is 12.2. The summed E-state index contributed by atoms with van der Waals surface area (Å²) < 4.78 is 63.6. The third kappa shape index (κ3) is 4.27. The first kappa shape index (κ1) is 18.3. The van der Waals surface area contributed by atoms with E-state index in [0.29, 0.717) is 5.56 Å². The highest BCUT2D eigenvalue weighted by molar-refractivity contribution is 7.88. The molecule has 0 saturated heterocycles. The van der Waals surface area contributed by atoms with Crippen molar-refractivity contribution < 1.29 is 30.6 Å². The van der Waals surface area contributed by atoms with E-state index in [1.165, 1.54) is 36.4 Å². The van der Waals surface area contributed by atoms with Crippen molar-refractivity contribution in [2.75, 3.05) is 5.32 Å². The van der Waals surface area contributed by atoms with E-state index in [9.17, 15) is 26.4 Å². The Morgan fingerprint density at radius 1 is 1.08 bits per heavy atom. The number of carbonyl (C=O) groups is 1. The van der Waals surface area contributed by atoms with Gasteiger partial charge < -0.3 is 9.50 Å². The van der Waals surface area contributed by atoms with Gasteiger partial charge in [0.05, 0.1) is 17.2 Å². The fourth-order valence-corrected chi connectivity index (χ4v) is 2.20. The summed E-state index contributed by atoms with van der Waals surface area (Å²) in [5.41, 5.74) is -5.42. The van der Waals surface area contributed by atoms with Gasteiger partial charge in [-0.25, -0.2) is 0 Å². The van der Waals surface area contributed by atoms with Gasteiger partial charge in [-0.1, -0.05) is 12.1 Å². The number of nitrogens with zero attached hydrogens (tertiary/aromatic N) is 1. The van der Waals surface area contributed by atoms with Crippen LogP contribution in [-0.4, -0.2) is 19.8 Å². The van der Waals surface area contributed by atoms with Crippen LogP contribution in [0, 0.1) is 11.3 Å². The largest absolute Gasteiger partial charge is 0.534 e. The van der Waals surface area contributed by atoms with Gasteiger partial charge in [0.15, 0.2) is 5.75 Å². The van der Waals surface area contributed by atoms with E-state index in [4.69, 9.17) is 5.26 Å². The van der Waals surface area contributed by atoms with Crippen molar-refractivity contribution in [1.29, 1.82) is 5.26 Å². The molecule has 0 fully saturated rings. The number of nitrogens with one attached hydrogen (secondary N) is 1. The minimum absolute atomic E-state index is 0.262. The van der Waals surface area contributed by atoms with Gasteiger partial charge in [-0.05, 0) is 36.4 Å². The number of amides is 1. The fourth-order valence-electron chi connectivity index (χ4n) is 1.72. The zero-order chi connectivity index (χ0) is 18.7. The van der Waals surface area contributed by atoms with E-state index in [0.717, 1.165) is 12.1 Å². The lowest BCUT2D eigenvalue weighted by atomic mass is 10.1. The number of hydrogen-bond donors (Lipinski definition) is 1. The molecule has 0 aliphatic heterocycles. The molecule has 0 aromatic heterocycles. The van der Waals surface area contributed by atoms with E-state index in [1.54, 1.807) is 0 Å². The highest BCUT2D eigenvalue weighted by atomic mass is 32.2. The molecule has 0 atom stereocenters. The number of benzene rings is 2. The van der Waals surface area contributed by atoms with Crippen LogP contribution in [0.2, 0.25) is 0 Å². The van der Waals surface area contributed by atoms with Crippen molar-refractivity contribution in [3.63, 3.8) is 0 Å². The Labute approximate surface area is 140 Å². The lowest BCUT2D eigenvalue weighted by molar-refractivity contribution is -0.0500. The second-order valence-electron chi connectivity index (χ2n) is 4.62. The van der Waals surface area contributed by atoms with Gasteiger partial charge in [-0.15, -0.1) is 0 Å². The van der Waals surface area contributed by atoms with Crippen LogP contribution in [0.15, 0.2) is 48.5 Å². The second kappa shape index (κ2) is 6.82. The molecule has 1 N–H and O–H groups in total. The lowest BCUT2D eigenvalue weighted by Gasteiger charge is -2.13. The van der Waals surface area contributed by atoms with Crippen LogP contribution >= 0.6 is 0 Å². The van der Waals surface area contributed by atoms with Crippen molar-refractivity contribution in [3.8, 4) is 11.8 Å². The monoisotopic (exact) mass is 370 g/mol. The molecule has 0 spiro atoms. The quantitative estimate of drug-likeness (QED) is 0.659. The minimum Gasteiger partial charge on any atom is -0.375 e. The van der Waals surface area contributed by atoms with Crippen LogP contribution in [0.4, 0.5) is 18.9 Å². The van der Waals surface area contributed by atoms with Gasteiger partial charge in [0, 0.05) is 5.69 Å². The van der Waals surface area contributed by atoms with E-state index >= 15 is 0 Å². The van der Waals surface area contributed by atoms with Crippen molar-refractivity contribution in [2.24, 2.45) is 0 Å². The molecular weight excluding hydrogens is 361 g/mol. The fraction of sp³-hybridized carbons (Fsp3) is 0.0667. The highest BCUT2D eigenvalue weighted by Crippen LogP contribution is 2.29. The summed E-state index contributed by atoms with van der Waals surface area (Å²) in [6.45, 7) is 0. The summed E-state index contributed by atoms with van der Waals surface area (Å²) in [5, 5.41) is 11.1. The van der Waals surface area contributed by atoms with E-state index in [1.807, 2.05) is 6.07 Å². The van der Waals surface area contributed by atoms with E-state index < -0.39 is 32.8 Å². The molecule has 0 unspecified atom stereocenters. The summed E-state index contributed by atoms with van der Waals surface area (Å²) >= 11 is 0. The maximum absolute atomic E-state index is 12.4. The Balaban J connectivity index is 2.27. The van der Waals surface area contributed by atoms with Crippen molar-refractivity contribution in [1.82, 2.24) is 0 Å². The average Bonchev–Trinajstić information content (AvgIpc) is 2.54. The second-order valence-corrected chi connectivity index (χ2v) is 6.16. The molecule has 2 aromatic rings. The molecule has 2 aromatic carbocycles. The Kier molecular flexibility index (Phi) is 4.99. The Morgan fingerprint density at radius 2 is 1.68 bits per heavy atom. The van der Waals surface area contributed by atoms with Crippen LogP contribution in [0.5, 0.6) is 5.75 Å². The predicted molar refractivity (Wildman–Crippen MR) is 81.2 cm³/mol. The molecule has 130 valence electrons. The molecule has 0 bridgehead atoms. The summed E-state index contributed by atoms with van der Waals surface area (Å²) in [6, 6.07) is 12.1. The Bertz CT molecular complexity index is 932. The summed E-state index contributed by atoms with van der Waals surface area (Å²) in [5.74, 6) is -1.64. The summed E-state index contributed by atoms with van der Waals surface area (Å²) in [7, 11) is -5.90. The summed E-state index contributed by atoms with van der Waals surface area (Å²) in [6.07, 6.45) is 0. The Morgan fingerprint density at radius 3 is 2.24 bits per heavy atom. The number of halogens is 3. The van der Waals surface area contributed by atoms with Crippen molar-refractivity contribution >= 4 is 21.7 Å². The molecule has 6 nitrogen and oxygen atoms in total. The maximum Gasteiger partial charge on any atom is 0.534 e. The standard InChI is InChI=1S/C15H9F3N2O4S/c16-15(17,18)25(22,23)24-13-4-2-1-3-12(13)14(21)20-11-7-5-10(9-19)6-8-11/h1-8H,(H,20,21). The number of hydrogen-bond acceptors (Lipinski definition) is 5. The van der Waals surface area contributed by atoms with Gasteiger partial charge in [-0.3, -0.25) is 4.79 Å². The van der Waals surface area contributed by atoms with Gasteiger partial charge in [0.2, 0.25) is 0 Å².